The lowest BCUT2D eigenvalue weighted by Crippen LogP contribution is -1.88. The standard InChI is InChI=1S/C11H10O/c1-8-3-2-4-10-5-9(7-12)6-11(8)10/h2-5,7H,6H2,1H3. The fraction of sp³-hybridized carbons (Fsp3) is 0.182. The van der Waals surface area contributed by atoms with Gasteiger partial charge in [-0.2, -0.15) is 0 Å². The summed E-state index contributed by atoms with van der Waals surface area (Å²) in [5.74, 6) is 0. The topological polar surface area (TPSA) is 17.1 Å². The molecule has 1 nitrogen and oxygen atoms in total. The van der Waals surface area contributed by atoms with Crippen LogP contribution in [0.2, 0.25) is 0 Å². The van der Waals surface area contributed by atoms with Crippen molar-refractivity contribution in [3.05, 3.63) is 40.5 Å². The van der Waals surface area contributed by atoms with Crippen molar-refractivity contribution in [2.24, 2.45) is 0 Å². The minimum atomic E-state index is 0.811. The van der Waals surface area contributed by atoms with E-state index in [9.17, 15) is 4.79 Å². The average Bonchev–Trinajstić information content (AvgIpc) is 2.49. The van der Waals surface area contributed by atoms with Gasteiger partial charge in [0.15, 0.2) is 0 Å². The van der Waals surface area contributed by atoms with Crippen LogP contribution < -0.4 is 0 Å². The summed E-state index contributed by atoms with van der Waals surface area (Å²) in [6, 6.07) is 6.16. The minimum absolute atomic E-state index is 0.811. The maximum absolute atomic E-state index is 10.5. The molecule has 60 valence electrons. The van der Waals surface area contributed by atoms with E-state index in [1.807, 2.05) is 12.1 Å². The number of carbonyl (C=O) groups is 1. The van der Waals surface area contributed by atoms with Crippen molar-refractivity contribution in [3.8, 4) is 0 Å². The first-order valence-corrected chi connectivity index (χ1v) is 4.05. The number of hydrogen-bond acceptors (Lipinski definition) is 1. The number of hydrogen-bond donors (Lipinski definition) is 0. The van der Waals surface area contributed by atoms with Crippen molar-refractivity contribution in [2.45, 2.75) is 13.3 Å². The first-order chi connectivity index (χ1) is 5.81. The third kappa shape index (κ3) is 0.981. The first-order valence-electron chi connectivity index (χ1n) is 4.05. The van der Waals surface area contributed by atoms with Gasteiger partial charge in [0.1, 0.15) is 6.29 Å². The molecule has 2 rings (SSSR count). The normalized spacial score (nSPS) is 13.9. The molecular formula is C11H10O. The highest BCUT2D eigenvalue weighted by Crippen LogP contribution is 2.26. The smallest absolute Gasteiger partial charge is 0.146 e. The van der Waals surface area contributed by atoms with Gasteiger partial charge in [-0.1, -0.05) is 18.2 Å². The lowest BCUT2D eigenvalue weighted by molar-refractivity contribution is -0.104. The second kappa shape index (κ2) is 2.59. The molecule has 0 radical (unpaired) electrons. The molecule has 0 N–H and O–H groups in total. The van der Waals surface area contributed by atoms with Crippen LogP contribution in [0, 0.1) is 6.92 Å². The predicted molar refractivity (Wildman–Crippen MR) is 48.9 cm³/mol. The Kier molecular flexibility index (Phi) is 1.58. The zero-order valence-electron chi connectivity index (χ0n) is 7.00. The number of aryl methyl sites for hydroxylation is 1. The molecule has 12 heavy (non-hydrogen) atoms. The van der Waals surface area contributed by atoms with Gasteiger partial charge in [0.05, 0.1) is 0 Å². The van der Waals surface area contributed by atoms with E-state index in [1.54, 1.807) is 0 Å². The molecule has 0 aliphatic heterocycles. The summed E-state index contributed by atoms with van der Waals surface area (Å²) in [6.45, 7) is 2.08. The third-order valence-corrected chi connectivity index (χ3v) is 2.32. The van der Waals surface area contributed by atoms with E-state index in [-0.39, 0.29) is 0 Å². The Hall–Kier alpha value is -1.37. The summed E-state index contributed by atoms with van der Waals surface area (Å²) in [5, 5.41) is 0. The molecule has 0 atom stereocenters. The second-order valence-electron chi connectivity index (χ2n) is 3.16. The largest absolute Gasteiger partial charge is 0.298 e. The van der Waals surface area contributed by atoms with Crippen molar-refractivity contribution < 1.29 is 4.79 Å². The number of carbonyl (C=O) groups excluding carboxylic acids is 1. The van der Waals surface area contributed by atoms with Crippen LogP contribution in [0.3, 0.4) is 0 Å². The molecule has 0 bridgehead atoms. The Morgan fingerprint density at radius 2 is 2.25 bits per heavy atom. The lowest BCUT2D eigenvalue weighted by Gasteiger charge is -2.01. The fourth-order valence-corrected chi connectivity index (χ4v) is 1.63. The maximum atomic E-state index is 10.5. The van der Waals surface area contributed by atoms with Crippen LogP contribution in [0.4, 0.5) is 0 Å². The molecule has 0 saturated heterocycles. The molecule has 0 aromatic heterocycles. The van der Waals surface area contributed by atoms with Gasteiger partial charge in [0.25, 0.3) is 0 Å². The van der Waals surface area contributed by atoms with E-state index in [4.69, 9.17) is 0 Å². The van der Waals surface area contributed by atoms with Crippen LogP contribution in [0.1, 0.15) is 16.7 Å². The van der Waals surface area contributed by atoms with Gasteiger partial charge < -0.3 is 0 Å². The molecule has 1 aliphatic carbocycles. The number of benzene rings is 1. The Morgan fingerprint density at radius 1 is 1.42 bits per heavy atom. The van der Waals surface area contributed by atoms with E-state index in [2.05, 4.69) is 19.1 Å². The minimum Gasteiger partial charge on any atom is -0.298 e. The first kappa shape index (κ1) is 7.29. The summed E-state index contributed by atoms with van der Waals surface area (Å²) < 4.78 is 0. The number of allylic oxidation sites excluding steroid dienone is 1. The van der Waals surface area contributed by atoms with E-state index in [0.29, 0.717) is 0 Å². The molecule has 0 fully saturated rings. The van der Waals surface area contributed by atoms with Crippen molar-refractivity contribution in [3.63, 3.8) is 0 Å². The molecule has 1 heteroatoms. The Morgan fingerprint density at radius 3 is 2.92 bits per heavy atom. The molecule has 0 unspecified atom stereocenters. The fourth-order valence-electron chi connectivity index (χ4n) is 1.63. The highest BCUT2D eigenvalue weighted by Gasteiger charge is 2.12. The Bertz CT molecular complexity index is 361. The monoisotopic (exact) mass is 158 g/mol. The highest BCUT2D eigenvalue weighted by molar-refractivity contribution is 5.86. The lowest BCUT2D eigenvalue weighted by atomic mass is 10.0. The molecule has 1 aliphatic rings. The highest BCUT2D eigenvalue weighted by atomic mass is 16.1. The van der Waals surface area contributed by atoms with Crippen molar-refractivity contribution in [2.75, 3.05) is 0 Å². The number of rotatable bonds is 1. The van der Waals surface area contributed by atoms with Gasteiger partial charge in [-0.3, -0.25) is 4.79 Å². The summed E-state index contributed by atoms with van der Waals surface area (Å²) in [5.41, 5.74) is 4.68. The predicted octanol–water partition coefficient (Wildman–Crippen LogP) is 2.13. The third-order valence-electron chi connectivity index (χ3n) is 2.32. The zero-order valence-corrected chi connectivity index (χ0v) is 7.00. The molecule has 0 spiro atoms. The number of aldehydes is 1. The van der Waals surface area contributed by atoms with Gasteiger partial charge in [-0.05, 0) is 35.3 Å². The second-order valence-corrected chi connectivity index (χ2v) is 3.16. The van der Waals surface area contributed by atoms with Crippen molar-refractivity contribution >= 4 is 12.4 Å². The maximum Gasteiger partial charge on any atom is 0.146 e. The summed E-state index contributed by atoms with van der Waals surface area (Å²) >= 11 is 0. The van der Waals surface area contributed by atoms with Crippen LogP contribution in [-0.2, 0) is 11.2 Å². The Balaban J connectivity index is 2.52. The van der Waals surface area contributed by atoms with Crippen LogP contribution in [-0.4, -0.2) is 6.29 Å². The van der Waals surface area contributed by atoms with E-state index >= 15 is 0 Å². The van der Waals surface area contributed by atoms with Crippen LogP contribution in [0.25, 0.3) is 6.08 Å². The SMILES string of the molecule is Cc1cccc2c1CC(C=O)=C2. The van der Waals surface area contributed by atoms with Crippen molar-refractivity contribution in [1.29, 1.82) is 0 Å². The van der Waals surface area contributed by atoms with Crippen LogP contribution in [0.15, 0.2) is 23.8 Å². The van der Waals surface area contributed by atoms with Gasteiger partial charge in [-0.25, -0.2) is 0 Å². The molecule has 0 heterocycles. The summed E-state index contributed by atoms with van der Waals surface area (Å²) in [7, 11) is 0. The van der Waals surface area contributed by atoms with Gasteiger partial charge in [0, 0.05) is 6.42 Å². The zero-order chi connectivity index (χ0) is 8.55. The quantitative estimate of drug-likeness (QED) is 0.572. The van der Waals surface area contributed by atoms with Crippen molar-refractivity contribution in [1.82, 2.24) is 0 Å². The van der Waals surface area contributed by atoms with Gasteiger partial charge in [0.2, 0.25) is 0 Å². The van der Waals surface area contributed by atoms with E-state index in [0.717, 1.165) is 18.3 Å². The summed E-state index contributed by atoms with van der Waals surface area (Å²) in [6.07, 6.45) is 3.72. The van der Waals surface area contributed by atoms with E-state index in [1.165, 1.54) is 16.7 Å². The molecule has 1 aromatic rings. The molecular weight excluding hydrogens is 148 g/mol. The van der Waals surface area contributed by atoms with Gasteiger partial charge >= 0.3 is 0 Å². The number of fused-ring (bicyclic) bond motifs is 1. The molecule has 0 saturated carbocycles. The average molecular weight is 158 g/mol. The van der Waals surface area contributed by atoms with E-state index < -0.39 is 0 Å². The Labute approximate surface area is 71.7 Å². The van der Waals surface area contributed by atoms with Gasteiger partial charge in [-0.15, -0.1) is 0 Å². The summed E-state index contributed by atoms with van der Waals surface area (Å²) in [4.78, 5) is 10.5. The van der Waals surface area contributed by atoms with Crippen LogP contribution >= 0.6 is 0 Å². The van der Waals surface area contributed by atoms with Crippen LogP contribution in [0.5, 0.6) is 0 Å². The molecule has 1 aromatic carbocycles. The molecule has 0 amide bonds.